The molecule has 4 unspecified atom stereocenters. The van der Waals surface area contributed by atoms with Crippen molar-refractivity contribution in [2.75, 3.05) is 18.6 Å². The first-order valence-corrected chi connectivity index (χ1v) is 11.2. The third-order valence-corrected chi connectivity index (χ3v) is 5.44. The number of nitrogens with two attached hydrogens (primary N) is 1. The van der Waals surface area contributed by atoms with Crippen LogP contribution in [0.25, 0.3) is 0 Å². The van der Waals surface area contributed by atoms with E-state index < -0.39 is 72.6 Å². The second-order valence-corrected chi connectivity index (χ2v) is 8.22. The fourth-order valence-electron chi connectivity index (χ4n) is 3.18. The fraction of sp³-hybridized carbons (Fsp3) is 0.667. The number of rotatable bonds is 13. The zero-order valence-electron chi connectivity index (χ0n) is 17.5. The van der Waals surface area contributed by atoms with Crippen molar-refractivity contribution in [3.05, 3.63) is 0 Å². The van der Waals surface area contributed by atoms with Crippen LogP contribution in [-0.4, -0.2) is 98.6 Å². The molecule has 7 N–H and O–H groups in total. The van der Waals surface area contributed by atoms with Gasteiger partial charge in [0.05, 0.1) is 18.9 Å². The second kappa shape index (κ2) is 12.9. The SMILES string of the molecule is CSCCC(N)C(=O)N1CCCC1C(=O)NC(CC(=O)O)C(=O)NC(CC(=O)O)C(=O)O. The Bertz CT molecular complexity index is 748. The number of carbonyl (C=O) groups excluding carboxylic acids is 3. The molecule has 1 heterocycles. The monoisotopic (exact) mass is 476 g/mol. The Morgan fingerprint density at radius 1 is 1.03 bits per heavy atom. The lowest BCUT2D eigenvalue weighted by Gasteiger charge is -2.28. The molecular formula is C18H28N4O9S. The highest BCUT2D eigenvalue weighted by Gasteiger charge is 2.38. The molecular weight excluding hydrogens is 448 g/mol. The molecule has 0 aromatic carbocycles. The maximum Gasteiger partial charge on any atom is 0.326 e. The van der Waals surface area contributed by atoms with Crippen molar-refractivity contribution in [2.24, 2.45) is 5.73 Å². The van der Waals surface area contributed by atoms with E-state index in [9.17, 15) is 28.8 Å². The maximum atomic E-state index is 12.8. The Morgan fingerprint density at radius 2 is 1.62 bits per heavy atom. The number of carboxylic acid groups (broad SMARTS) is 3. The van der Waals surface area contributed by atoms with Crippen LogP contribution in [0.3, 0.4) is 0 Å². The van der Waals surface area contributed by atoms with Gasteiger partial charge in [0.2, 0.25) is 17.7 Å². The third-order valence-electron chi connectivity index (χ3n) is 4.79. The standard InChI is InChI=1S/C18H28N4O9S/c1-32-6-4-9(19)17(29)22-5-2-3-12(22)16(28)20-10(7-13(23)24)15(27)21-11(18(30)31)8-14(25)26/h9-12H,2-8,19H2,1H3,(H,20,28)(H,21,27)(H,23,24)(H,25,26)(H,30,31). The Balaban J connectivity index is 2.91. The van der Waals surface area contributed by atoms with Crippen molar-refractivity contribution in [1.82, 2.24) is 15.5 Å². The van der Waals surface area contributed by atoms with Crippen molar-refractivity contribution in [3.63, 3.8) is 0 Å². The van der Waals surface area contributed by atoms with Crippen LogP contribution in [0.2, 0.25) is 0 Å². The fourth-order valence-corrected chi connectivity index (χ4v) is 3.67. The van der Waals surface area contributed by atoms with Gasteiger partial charge >= 0.3 is 17.9 Å². The molecule has 1 rings (SSSR count). The van der Waals surface area contributed by atoms with Gasteiger partial charge in [-0.25, -0.2) is 4.79 Å². The normalized spacial score (nSPS) is 18.3. The smallest absolute Gasteiger partial charge is 0.326 e. The summed E-state index contributed by atoms with van der Waals surface area (Å²) in [6, 6.07) is -5.24. The number of thioether (sulfide) groups is 1. The van der Waals surface area contributed by atoms with Crippen LogP contribution in [0.5, 0.6) is 0 Å². The van der Waals surface area contributed by atoms with Crippen LogP contribution < -0.4 is 16.4 Å². The van der Waals surface area contributed by atoms with E-state index in [1.54, 1.807) is 0 Å². The van der Waals surface area contributed by atoms with Gasteiger partial charge < -0.3 is 36.6 Å². The largest absolute Gasteiger partial charge is 0.481 e. The molecule has 180 valence electrons. The number of carbonyl (C=O) groups is 6. The molecule has 1 fully saturated rings. The van der Waals surface area contributed by atoms with E-state index in [1.165, 1.54) is 16.7 Å². The minimum atomic E-state index is -1.81. The molecule has 0 spiro atoms. The average molecular weight is 477 g/mol. The molecule has 0 aromatic heterocycles. The Kier molecular flexibility index (Phi) is 10.9. The number of nitrogens with zero attached hydrogens (tertiary/aromatic N) is 1. The highest BCUT2D eigenvalue weighted by atomic mass is 32.2. The second-order valence-electron chi connectivity index (χ2n) is 7.23. The molecule has 13 nitrogen and oxygen atoms in total. The van der Waals surface area contributed by atoms with Crippen LogP contribution in [-0.2, 0) is 28.8 Å². The number of likely N-dealkylation sites (tertiary alicyclic amines) is 1. The summed E-state index contributed by atoms with van der Waals surface area (Å²) in [5, 5.41) is 31.1. The summed E-state index contributed by atoms with van der Waals surface area (Å²) in [4.78, 5) is 72.2. The van der Waals surface area contributed by atoms with Gasteiger partial charge in [0.15, 0.2) is 0 Å². The molecule has 3 amide bonds. The number of hydrogen-bond donors (Lipinski definition) is 6. The van der Waals surface area contributed by atoms with Gasteiger partial charge in [-0.05, 0) is 31.3 Å². The van der Waals surface area contributed by atoms with Crippen molar-refractivity contribution in [3.8, 4) is 0 Å². The van der Waals surface area contributed by atoms with Crippen LogP contribution in [0, 0.1) is 0 Å². The molecule has 1 saturated heterocycles. The van der Waals surface area contributed by atoms with Gasteiger partial charge in [0.1, 0.15) is 18.1 Å². The van der Waals surface area contributed by atoms with E-state index in [0.717, 1.165) is 0 Å². The molecule has 0 aromatic rings. The van der Waals surface area contributed by atoms with Crippen molar-refractivity contribution >= 4 is 47.4 Å². The van der Waals surface area contributed by atoms with Crippen LogP contribution in [0.4, 0.5) is 0 Å². The van der Waals surface area contributed by atoms with E-state index in [2.05, 4.69) is 5.32 Å². The lowest BCUT2D eigenvalue weighted by Crippen LogP contribution is -2.57. The maximum absolute atomic E-state index is 12.8. The predicted octanol–water partition coefficient (Wildman–Crippen LogP) is -1.94. The quantitative estimate of drug-likeness (QED) is 0.172. The molecule has 0 radical (unpaired) electrons. The van der Waals surface area contributed by atoms with Gasteiger partial charge in [0, 0.05) is 6.54 Å². The van der Waals surface area contributed by atoms with Gasteiger partial charge in [-0.15, -0.1) is 0 Å². The molecule has 0 bridgehead atoms. The van der Waals surface area contributed by atoms with Crippen molar-refractivity contribution in [1.29, 1.82) is 0 Å². The summed E-state index contributed by atoms with van der Waals surface area (Å²) in [5.41, 5.74) is 5.90. The molecule has 0 aliphatic carbocycles. The van der Waals surface area contributed by atoms with Crippen molar-refractivity contribution in [2.45, 2.75) is 56.3 Å². The Hall–Kier alpha value is -2.87. The number of amides is 3. The summed E-state index contributed by atoms with van der Waals surface area (Å²) < 4.78 is 0. The third kappa shape index (κ3) is 8.34. The van der Waals surface area contributed by atoms with Crippen LogP contribution in [0.15, 0.2) is 0 Å². The van der Waals surface area contributed by atoms with Gasteiger partial charge in [-0.3, -0.25) is 24.0 Å². The highest BCUT2D eigenvalue weighted by Crippen LogP contribution is 2.19. The predicted molar refractivity (Wildman–Crippen MR) is 112 cm³/mol. The molecule has 32 heavy (non-hydrogen) atoms. The van der Waals surface area contributed by atoms with Crippen LogP contribution in [0.1, 0.15) is 32.1 Å². The van der Waals surface area contributed by atoms with E-state index in [-0.39, 0.29) is 13.0 Å². The first-order chi connectivity index (χ1) is 15.0. The van der Waals surface area contributed by atoms with Crippen LogP contribution >= 0.6 is 11.8 Å². The Labute approximate surface area is 188 Å². The molecule has 0 saturated carbocycles. The summed E-state index contributed by atoms with van der Waals surface area (Å²) in [6.45, 7) is 0.277. The average Bonchev–Trinajstić information content (AvgIpc) is 3.19. The van der Waals surface area contributed by atoms with Gasteiger partial charge in [-0.1, -0.05) is 0 Å². The minimum Gasteiger partial charge on any atom is -0.481 e. The topological polar surface area (TPSA) is 216 Å². The van der Waals surface area contributed by atoms with Gasteiger partial charge in [0.25, 0.3) is 0 Å². The first kappa shape index (κ1) is 27.2. The van der Waals surface area contributed by atoms with Crippen molar-refractivity contribution < 1.29 is 44.1 Å². The number of nitrogens with one attached hydrogen (secondary N) is 2. The van der Waals surface area contributed by atoms with E-state index in [4.69, 9.17) is 21.1 Å². The highest BCUT2D eigenvalue weighted by molar-refractivity contribution is 7.98. The lowest BCUT2D eigenvalue weighted by atomic mass is 10.1. The molecule has 1 aliphatic rings. The zero-order valence-corrected chi connectivity index (χ0v) is 18.3. The first-order valence-electron chi connectivity index (χ1n) is 9.80. The lowest BCUT2D eigenvalue weighted by molar-refractivity contribution is -0.148. The summed E-state index contributed by atoms with van der Waals surface area (Å²) in [5.74, 6) is -6.29. The van der Waals surface area contributed by atoms with Gasteiger partial charge in [-0.2, -0.15) is 11.8 Å². The van der Waals surface area contributed by atoms with E-state index in [1.807, 2.05) is 11.6 Å². The number of hydrogen-bond acceptors (Lipinski definition) is 8. The van der Waals surface area contributed by atoms with E-state index in [0.29, 0.717) is 18.6 Å². The minimum absolute atomic E-state index is 0.277. The zero-order chi connectivity index (χ0) is 24.4. The molecule has 14 heteroatoms. The summed E-state index contributed by atoms with van der Waals surface area (Å²) in [6.07, 6.45) is 1.26. The Morgan fingerprint density at radius 3 is 2.16 bits per heavy atom. The van der Waals surface area contributed by atoms with E-state index >= 15 is 0 Å². The number of aliphatic carboxylic acids is 3. The summed E-state index contributed by atoms with van der Waals surface area (Å²) in [7, 11) is 0. The molecule has 4 atom stereocenters. The summed E-state index contributed by atoms with van der Waals surface area (Å²) >= 11 is 1.52. The number of carboxylic acids is 3. The molecule has 1 aliphatic heterocycles.